The number of hydrogen-bond donors (Lipinski definition) is 0. The maximum atomic E-state index is 12.8. The van der Waals surface area contributed by atoms with E-state index in [-0.39, 0.29) is 31.1 Å². The van der Waals surface area contributed by atoms with Gasteiger partial charge in [-0.05, 0) is 122 Å². The third kappa shape index (κ3) is 49.1. The number of rotatable bonds is 45. The van der Waals surface area contributed by atoms with Crippen molar-refractivity contribution >= 4 is 17.9 Å². The van der Waals surface area contributed by atoms with Crippen LogP contribution in [0.5, 0.6) is 0 Å². The first-order chi connectivity index (χ1) is 31.5. The number of unbranched alkanes of at least 4 members (excludes halogenated alkanes) is 16. The van der Waals surface area contributed by atoms with Gasteiger partial charge in [0.2, 0.25) is 0 Å². The molecular formula is C58H94O6. The van der Waals surface area contributed by atoms with Crippen LogP contribution in [0, 0.1) is 0 Å². The molecule has 0 fully saturated rings. The Labute approximate surface area is 393 Å². The Morgan fingerprint density at radius 1 is 0.328 bits per heavy atom. The van der Waals surface area contributed by atoms with Gasteiger partial charge >= 0.3 is 17.9 Å². The van der Waals surface area contributed by atoms with Gasteiger partial charge in [0.15, 0.2) is 6.10 Å². The molecule has 0 aliphatic carbocycles. The van der Waals surface area contributed by atoms with Gasteiger partial charge in [-0.15, -0.1) is 0 Å². The van der Waals surface area contributed by atoms with Crippen molar-refractivity contribution in [1.29, 1.82) is 0 Å². The summed E-state index contributed by atoms with van der Waals surface area (Å²) in [7, 11) is 0. The van der Waals surface area contributed by atoms with Crippen molar-refractivity contribution in [3.63, 3.8) is 0 Å². The summed E-state index contributed by atoms with van der Waals surface area (Å²) < 4.78 is 16.7. The molecule has 1 atom stereocenters. The second kappa shape index (κ2) is 51.7. The highest BCUT2D eigenvalue weighted by molar-refractivity contribution is 5.71. The van der Waals surface area contributed by atoms with Gasteiger partial charge in [0.1, 0.15) is 13.2 Å². The van der Waals surface area contributed by atoms with E-state index in [0.717, 1.165) is 148 Å². The topological polar surface area (TPSA) is 78.9 Å². The van der Waals surface area contributed by atoms with Crippen LogP contribution in [0.1, 0.15) is 220 Å². The molecule has 64 heavy (non-hydrogen) atoms. The zero-order chi connectivity index (χ0) is 46.5. The summed E-state index contributed by atoms with van der Waals surface area (Å²) in [6.07, 6.45) is 69.3. The van der Waals surface area contributed by atoms with Crippen molar-refractivity contribution in [3.05, 3.63) is 109 Å². The summed E-state index contributed by atoms with van der Waals surface area (Å²) >= 11 is 0. The number of carbonyl (C=O) groups excluding carboxylic acids is 3. The van der Waals surface area contributed by atoms with E-state index in [0.29, 0.717) is 19.3 Å². The molecule has 0 saturated carbocycles. The van der Waals surface area contributed by atoms with Crippen molar-refractivity contribution in [2.24, 2.45) is 0 Å². The first-order valence-electron chi connectivity index (χ1n) is 25.9. The number of hydrogen-bond acceptors (Lipinski definition) is 6. The fourth-order valence-electron chi connectivity index (χ4n) is 6.65. The molecule has 1 unspecified atom stereocenters. The predicted molar refractivity (Wildman–Crippen MR) is 274 cm³/mol. The van der Waals surface area contributed by atoms with E-state index in [1.165, 1.54) is 32.1 Å². The Kier molecular flexibility index (Phi) is 48.5. The van der Waals surface area contributed by atoms with Gasteiger partial charge < -0.3 is 14.2 Å². The van der Waals surface area contributed by atoms with E-state index in [4.69, 9.17) is 14.2 Å². The molecule has 0 saturated heterocycles. The third-order valence-corrected chi connectivity index (χ3v) is 10.5. The zero-order valence-corrected chi connectivity index (χ0v) is 41.3. The average Bonchev–Trinajstić information content (AvgIpc) is 3.29. The number of esters is 3. The summed E-state index contributed by atoms with van der Waals surface area (Å²) in [6, 6.07) is 0. The van der Waals surface area contributed by atoms with E-state index in [2.05, 4.69) is 130 Å². The van der Waals surface area contributed by atoms with Gasteiger partial charge in [-0.2, -0.15) is 0 Å². The summed E-state index contributed by atoms with van der Waals surface area (Å²) in [6.45, 7) is 6.32. The third-order valence-electron chi connectivity index (χ3n) is 10.5. The van der Waals surface area contributed by atoms with Crippen LogP contribution >= 0.6 is 0 Å². The van der Waals surface area contributed by atoms with Crippen molar-refractivity contribution in [3.8, 4) is 0 Å². The molecule has 0 aliphatic rings. The first kappa shape index (κ1) is 60.1. The van der Waals surface area contributed by atoms with Gasteiger partial charge in [0.25, 0.3) is 0 Å². The normalized spacial score (nSPS) is 13.0. The van der Waals surface area contributed by atoms with Crippen LogP contribution in [-0.2, 0) is 28.6 Å². The lowest BCUT2D eigenvalue weighted by molar-refractivity contribution is -0.167. The highest BCUT2D eigenvalue weighted by atomic mass is 16.6. The van der Waals surface area contributed by atoms with Crippen LogP contribution in [-0.4, -0.2) is 37.2 Å². The van der Waals surface area contributed by atoms with Crippen molar-refractivity contribution in [2.75, 3.05) is 13.2 Å². The van der Waals surface area contributed by atoms with Crippen LogP contribution in [0.2, 0.25) is 0 Å². The van der Waals surface area contributed by atoms with Crippen molar-refractivity contribution < 1.29 is 28.6 Å². The second-order valence-corrected chi connectivity index (χ2v) is 16.7. The molecule has 0 spiro atoms. The van der Waals surface area contributed by atoms with Crippen LogP contribution in [0.4, 0.5) is 0 Å². The molecule has 0 amide bonds. The van der Waals surface area contributed by atoms with Crippen LogP contribution in [0.3, 0.4) is 0 Å². The van der Waals surface area contributed by atoms with Gasteiger partial charge in [0.05, 0.1) is 0 Å². The number of ether oxygens (including phenoxy) is 3. The molecule has 0 aromatic carbocycles. The SMILES string of the molecule is CC/C=C\C/C=C\C/C=C\C/C=C\C/C=C\CCCCCC(=O)OCC(COC(=O)CCCCCCC/C=C\CCCCC)OC(=O)CCCCCCC/C=C\C/C=C\C/C=C\CC. The Morgan fingerprint density at radius 2 is 0.609 bits per heavy atom. The Morgan fingerprint density at radius 3 is 0.984 bits per heavy atom. The van der Waals surface area contributed by atoms with E-state index in [1.54, 1.807) is 0 Å². The summed E-state index contributed by atoms with van der Waals surface area (Å²) in [5.41, 5.74) is 0. The lowest BCUT2D eigenvalue weighted by Crippen LogP contribution is -2.30. The average molecular weight is 887 g/mol. The van der Waals surface area contributed by atoms with Crippen molar-refractivity contribution in [1.82, 2.24) is 0 Å². The summed E-state index contributed by atoms with van der Waals surface area (Å²) in [5.74, 6) is -0.967. The van der Waals surface area contributed by atoms with E-state index >= 15 is 0 Å². The van der Waals surface area contributed by atoms with Gasteiger partial charge in [-0.3, -0.25) is 14.4 Å². The molecule has 0 rings (SSSR count). The smallest absolute Gasteiger partial charge is 0.306 e. The maximum absolute atomic E-state index is 12.8. The van der Waals surface area contributed by atoms with E-state index in [1.807, 2.05) is 0 Å². The van der Waals surface area contributed by atoms with Gasteiger partial charge in [-0.25, -0.2) is 0 Å². The molecule has 362 valence electrons. The molecule has 0 aliphatic heterocycles. The lowest BCUT2D eigenvalue weighted by atomic mass is 10.1. The Balaban J connectivity index is 4.49. The molecule has 6 heteroatoms. The number of allylic oxidation sites excluding steroid dienone is 18. The fourth-order valence-corrected chi connectivity index (χ4v) is 6.65. The molecular weight excluding hydrogens is 793 g/mol. The standard InChI is InChI=1S/C58H94O6/c1-4-7-10-13-16-19-22-25-27-28-29-30-32-33-36-39-42-45-48-51-57(60)63-54-55(53-62-56(59)50-47-44-41-38-35-24-21-18-15-12-9-6-3)64-58(61)52-49-46-43-40-37-34-31-26-23-20-17-14-11-8-5-2/h7-8,10-11,16-21,25-27,29-31,33,36,55H,4-6,9,12-15,22-24,28,32,34-35,37-54H2,1-3H3/b10-7-,11-8-,19-16-,20-17-,21-18-,27-25-,30-29-,31-26-,36-33-. The van der Waals surface area contributed by atoms with Crippen molar-refractivity contribution in [2.45, 2.75) is 226 Å². The molecule has 0 radical (unpaired) electrons. The maximum Gasteiger partial charge on any atom is 0.306 e. The van der Waals surface area contributed by atoms with Crippen LogP contribution in [0.25, 0.3) is 0 Å². The monoisotopic (exact) mass is 887 g/mol. The first-order valence-corrected chi connectivity index (χ1v) is 25.9. The molecule has 0 aromatic heterocycles. The molecule has 6 nitrogen and oxygen atoms in total. The summed E-state index contributed by atoms with van der Waals surface area (Å²) in [5, 5.41) is 0. The van der Waals surface area contributed by atoms with Gasteiger partial charge in [-0.1, -0.05) is 188 Å². The van der Waals surface area contributed by atoms with E-state index in [9.17, 15) is 14.4 Å². The Hall–Kier alpha value is -3.93. The quantitative estimate of drug-likeness (QED) is 0.0262. The minimum Gasteiger partial charge on any atom is -0.462 e. The van der Waals surface area contributed by atoms with Crippen LogP contribution < -0.4 is 0 Å². The molecule has 0 aromatic rings. The highest BCUT2D eigenvalue weighted by Crippen LogP contribution is 2.13. The minimum atomic E-state index is -0.805. The number of carbonyl (C=O) groups is 3. The highest BCUT2D eigenvalue weighted by Gasteiger charge is 2.19. The largest absolute Gasteiger partial charge is 0.462 e. The zero-order valence-electron chi connectivity index (χ0n) is 41.3. The Bertz CT molecular complexity index is 1340. The fraction of sp³-hybridized carbons (Fsp3) is 0.638. The van der Waals surface area contributed by atoms with Gasteiger partial charge in [0, 0.05) is 19.3 Å². The van der Waals surface area contributed by atoms with Crippen LogP contribution in [0.15, 0.2) is 109 Å². The minimum absolute atomic E-state index is 0.102. The van der Waals surface area contributed by atoms with E-state index < -0.39 is 6.10 Å². The second-order valence-electron chi connectivity index (χ2n) is 16.7. The molecule has 0 N–H and O–H groups in total. The molecule has 0 bridgehead atoms. The summed E-state index contributed by atoms with van der Waals surface area (Å²) in [4.78, 5) is 38.0. The predicted octanol–water partition coefficient (Wildman–Crippen LogP) is 17.1. The molecule has 0 heterocycles. The lowest BCUT2D eigenvalue weighted by Gasteiger charge is -2.18.